The lowest BCUT2D eigenvalue weighted by molar-refractivity contribution is 0.0620. The minimum atomic E-state index is -0.139. The van der Waals surface area contributed by atoms with E-state index in [1.165, 1.54) is 0 Å². The Balaban J connectivity index is 2.96. The number of carbonyl (C=O) groups excluding carboxylic acids is 1. The first-order valence-corrected chi connectivity index (χ1v) is 5.84. The second kappa shape index (κ2) is 5.17. The average Bonchev–Trinajstić information content (AvgIpc) is 2.37. The van der Waals surface area contributed by atoms with Crippen molar-refractivity contribution in [3.8, 4) is 0 Å². The Labute approximate surface area is 103 Å². The molecule has 0 saturated heterocycles. The van der Waals surface area contributed by atoms with Crippen LogP contribution in [0, 0.1) is 0 Å². The van der Waals surface area contributed by atoms with Gasteiger partial charge in [-0.25, -0.2) is 4.98 Å². The minimum Gasteiger partial charge on any atom is -0.373 e. The summed E-state index contributed by atoms with van der Waals surface area (Å²) in [6.45, 7) is 6.20. The largest absolute Gasteiger partial charge is 0.373 e. The van der Waals surface area contributed by atoms with E-state index in [4.69, 9.17) is 0 Å². The first kappa shape index (κ1) is 13.5. The van der Waals surface area contributed by atoms with Gasteiger partial charge in [0, 0.05) is 31.4 Å². The van der Waals surface area contributed by atoms with Crippen molar-refractivity contribution in [2.75, 3.05) is 19.4 Å². The smallest absolute Gasteiger partial charge is 0.254 e. The van der Waals surface area contributed by atoms with Crippen LogP contribution in [0.3, 0.4) is 0 Å². The molecule has 4 heteroatoms. The summed E-state index contributed by atoms with van der Waals surface area (Å²) < 4.78 is 0. The summed E-state index contributed by atoms with van der Waals surface area (Å²) in [5, 5.41) is 2.93. The predicted octanol–water partition coefficient (Wildman–Crippen LogP) is 2.38. The van der Waals surface area contributed by atoms with Crippen molar-refractivity contribution >= 4 is 11.7 Å². The van der Waals surface area contributed by atoms with Gasteiger partial charge < -0.3 is 10.2 Å². The molecule has 1 amide bonds. The summed E-state index contributed by atoms with van der Waals surface area (Å²) in [5.41, 5.74) is 0.522. The average molecular weight is 235 g/mol. The van der Waals surface area contributed by atoms with Crippen molar-refractivity contribution in [1.82, 2.24) is 9.88 Å². The number of anilines is 1. The van der Waals surface area contributed by atoms with Crippen LogP contribution in [0.25, 0.3) is 0 Å². The van der Waals surface area contributed by atoms with Crippen LogP contribution in [-0.2, 0) is 0 Å². The lowest BCUT2D eigenvalue weighted by Gasteiger charge is -2.35. The van der Waals surface area contributed by atoms with Gasteiger partial charge in [0.05, 0.1) is 0 Å². The molecule has 0 aromatic carbocycles. The highest BCUT2D eigenvalue weighted by Crippen LogP contribution is 2.19. The number of nitrogens with one attached hydrogen (secondary N) is 1. The van der Waals surface area contributed by atoms with E-state index in [0.29, 0.717) is 11.4 Å². The van der Waals surface area contributed by atoms with Crippen molar-refractivity contribution in [2.24, 2.45) is 0 Å². The van der Waals surface area contributed by atoms with Crippen molar-refractivity contribution in [3.63, 3.8) is 0 Å². The molecule has 1 heterocycles. The number of nitrogens with zero attached hydrogens (tertiary/aromatic N) is 2. The normalized spacial score (nSPS) is 11.1. The van der Waals surface area contributed by atoms with Gasteiger partial charge >= 0.3 is 0 Å². The maximum atomic E-state index is 12.3. The number of hydrogen-bond donors (Lipinski definition) is 1. The van der Waals surface area contributed by atoms with Crippen LogP contribution in [0.5, 0.6) is 0 Å². The zero-order valence-electron chi connectivity index (χ0n) is 11.2. The number of hydrogen-bond acceptors (Lipinski definition) is 3. The summed E-state index contributed by atoms with van der Waals surface area (Å²) >= 11 is 0. The highest BCUT2D eigenvalue weighted by atomic mass is 16.2. The van der Waals surface area contributed by atoms with Crippen molar-refractivity contribution < 1.29 is 4.79 Å². The Kier molecular flexibility index (Phi) is 4.10. The van der Waals surface area contributed by atoms with Gasteiger partial charge in [-0.1, -0.05) is 6.92 Å². The van der Waals surface area contributed by atoms with Gasteiger partial charge in [0.15, 0.2) is 0 Å². The molecule has 94 valence electrons. The lowest BCUT2D eigenvalue weighted by atomic mass is 9.99. The van der Waals surface area contributed by atoms with Crippen molar-refractivity contribution in [2.45, 2.75) is 32.7 Å². The van der Waals surface area contributed by atoms with Gasteiger partial charge in [0.25, 0.3) is 5.91 Å². The molecule has 0 aliphatic rings. The van der Waals surface area contributed by atoms with Crippen molar-refractivity contribution in [1.29, 1.82) is 0 Å². The highest BCUT2D eigenvalue weighted by Gasteiger charge is 2.26. The van der Waals surface area contributed by atoms with E-state index in [0.717, 1.165) is 6.42 Å². The summed E-state index contributed by atoms with van der Waals surface area (Å²) in [5.74, 6) is 0.731. The molecule has 0 bridgehead atoms. The molecule has 4 nitrogen and oxygen atoms in total. The predicted molar refractivity (Wildman–Crippen MR) is 70.2 cm³/mol. The molecule has 1 aromatic rings. The molecule has 1 rings (SSSR count). The van der Waals surface area contributed by atoms with Crippen LogP contribution in [0.15, 0.2) is 18.3 Å². The standard InChI is InChI=1S/C13H21N3O/c1-6-13(2,3)16(5)12(17)10-7-8-15-11(9-10)14-4/h7-9H,6H2,1-5H3,(H,14,15). The van der Waals surface area contributed by atoms with Crippen molar-refractivity contribution in [3.05, 3.63) is 23.9 Å². The molecule has 17 heavy (non-hydrogen) atoms. The van der Waals surface area contributed by atoms with Gasteiger partial charge in [-0.2, -0.15) is 0 Å². The van der Waals surface area contributed by atoms with E-state index in [-0.39, 0.29) is 11.4 Å². The van der Waals surface area contributed by atoms with Gasteiger partial charge in [0.1, 0.15) is 5.82 Å². The van der Waals surface area contributed by atoms with Gasteiger partial charge in [0.2, 0.25) is 0 Å². The SMILES string of the molecule is CCC(C)(C)N(C)C(=O)c1ccnc(NC)c1. The Morgan fingerprint density at radius 3 is 2.71 bits per heavy atom. The molecular weight excluding hydrogens is 214 g/mol. The summed E-state index contributed by atoms with van der Waals surface area (Å²) in [6.07, 6.45) is 2.56. The molecule has 0 unspecified atom stereocenters. The van der Waals surface area contributed by atoms with Crippen LogP contribution in [0.4, 0.5) is 5.82 Å². The maximum Gasteiger partial charge on any atom is 0.254 e. The van der Waals surface area contributed by atoms with Gasteiger partial charge in [-0.05, 0) is 32.4 Å². The third-order valence-electron chi connectivity index (χ3n) is 3.34. The topological polar surface area (TPSA) is 45.2 Å². The van der Waals surface area contributed by atoms with Crippen LogP contribution in [0.1, 0.15) is 37.6 Å². The number of carbonyl (C=O) groups is 1. The Morgan fingerprint density at radius 2 is 2.18 bits per heavy atom. The molecule has 0 fully saturated rings. The quantitative estimate of drug-likeness (QED) is 0.871. The Bertz CT molecular complexity index is 401. The van der Waals surface area contributed by atoms with Crippen LogP contribution >= 0.6 is 0 Å². The number of aromatic nitrogens is 1. The molecule has 0 radical (unpaired) electrons. The van der Waals surface area contributed by atoms with Crippen LogP contribution < -0.4 is 5.32 Å². The molecule has 0 aliphatic carbocycles. The zero-order chi connectivity index (χ0) is 13.1. The second-order valence-corrected chi connectivity index (χ2v) is 4.71. The first-order valence-electron chi connectivity index (χ1n) is 5.84. The molecule has 0 spiro atoms. The lowest BCUT2D eigenvalue weighted by Crippen LogP contribution is -2.44. The van der Waals surface area contributed by atoms with Gasteiger partial charge in [-0.3, -0.25) is 4.79 Å². The fourth-order valence-electron chi connectivity index (χ4n) is 1.41. The van der Waals surface area contributed by atoms with E-state index in [9.17, 15) is 4.79 Å². The fourth-order valence-corrected chi connectivity index (χ4v) is 1.41. The van der Waals surface area contributed by atoms with E-state index in [2.05, 4.69) is 31.1 Å². The summed E-state index contributed by atoms with van der Waals surface area (Å²) in [7, 11) is 3.63. The third kappa shape index (κ3) is 2.96. The van der Waals surface area contributed by atoms with Crippen LogP contribution in [0.2, 0.25) is 0 Å². The zero-order valence-corrected chi connectivity index (χ0v) is 11.2. The van der Waals surface area contributed by atoms with E-state index in [1.54, 1.807) is 30.3 Å². The maximum absolute atomic E-state index is 12.3. The molecule has 0 saturated carbocycles. The highest BCUT2D eigenvalue weighted by molar-refractivity contribution is 5.95. The Hall–Kier alpha value is -1.58. The molecule has 0 atom stereocenters. The first-order chi connectivity index (χ1) is 7.92. The number of pyridine rings is 1. The van der Waals surface area contributed by atoms with E-state index >= 15 is 0 Å². The number of rotatable bonds is 4. The molecule has 1 N–H and O–H groups in total. The molecule has 0 aliphatic heterocycles. The minimum absolute atomic E-state index is 0.0238. The second-order valence-electron chi connectivity index (χ2n) is 4.71. The fraction of sp³-hybridized carbons (Fsp3) is 0.538. The summed E-state index contributed by atoms with van der Waals surface area (Å²) in [4.78, 5) is 18.2. The number of amides is 1. The van der Waals surface area contributed by atoms with Crippen LogP contribution in [-0.4, -0.2) is 35.4 Å². The molecular formula is C13H21N3O. The Morgan fingerprint density at radius 1 is 1.53 bits per heavy atom. The monoisotopic (exact) mass is 235 g/mol. The van der Waals surface area contributed by atoms with Gasteiger partial charge in [-0.15, -0.1) is 0 Å². The van der Waals surface area contributed by atoms with E-state index < -0.39 is 0 Å². The van der Waals surface area contributed by atoms with E-state index in [1.807, 2.05) is 7.05 Å². The molecule has 1 aromatic heterocycles. The third-order valence-corrected chi connectivity index (χ3v) is 3.34. The summed E-state index contributed by atoms with van der Waals surface area (Å²) in [6, 6.07) is 3.51.